The van der Waals surface area contributed by atoms with Crippen LogP contribution >= 0.6 is 0 Å². The zero-order valence-electron chi connectivity index (χ0n) is 15.5. The predicted octanol–water partition coefficient (Wildman–Crippen LogP) is 4.78. The summed E-state index contributed by atoms with van der Waals surface area (Å²) in [6.45, 7) is 7.79. The van der Waals surface area contributed by atoms with Gasteiger partial charge < -0.3 is 5.32 Å². The van der Waals surface area contributed by atoms with Gasteiger partial charge in [-0.15, -0.1) is 0 Å². The number of aromatic nitrogens is 2. The van der Waals surface area contributed by atoms with E-state index in [0.29, 0.717) is 5.69 Å². The number of amides is 1. The highest BCUT2D eigenvalue weighted by molar-refractivity contribution is 6.06. The molecule has 0 radical (unpaired) electrons. The lowest BCUT2D eigenvalue weighted by atomic mass is 9.86. The number of anilines is 1. The van der Waals surface area contributed by atoms with E-state index >= 15 is 0 Å². The van der Waals surface area contributed by atoms with Gasteiger partial charge in [0, 0.05) is 18.4 Å². The maximum Gasteiger partial charge on any atom is 0.435 e. The number of aryl methyl sites for hydroxylation is 1. The van der Waals surface area contributed by atoms with Gasteiger partial charge in [0.05, 0.1) is 5.56 Å². The van der Waals surface area contributed by atoms with Crippen LogP contribution in [0.5, 0.6) is 0 Å². The van der Waals surface area contributed by atoms with Crippen molar-refractivity contribution in [1.29, 1.82) is 0 Å². The molecule has 0 bridgehead atoms. The van der Waals surface area contributed by atoms with Gasteiger partial charge in [-0.2, -0.15) is 18.3 Å². The number of hydrogen-bond acceptors (Lipinski definition) is 2. The van der Waals surface area contributed by atoms with Crippen molar-refractivity contribution in [2.75, 3.05) is 5.32 Å². The van der Waals surface area contributed by atoms with E-state index in [4.69, 9.17) is 0 Å². The first-order valence-electron chi connectivity index (χ1n) is 8.49. The maximum atomic E-state index is 13.3. The van der Waals surface area contributed by atoms with Gasteiger partial charge in [0.1, 0.15) is 0 Å². The lowest BCUT2D eigenvalue weighted by molar-refractivity contribution is -0.141. The summed E-state index contributed by atoms with van der Waals surface area (Å²) < 4.78 is 40.9. The number of carbonyl (C=O) groups is 1. The van der Waals surface area contributed by atoms with Gasteiger partial charge in [-0.25, -0.2) is 0 Å². The lowest BCUT2D eigenvalue weighted by Gasteiger charge is -2.19. The fraction of sp³-hybridized carbons (Fsp3) is 0.474. The van der Waals surface area contributed by atoms with E-state index in [-0.39, 0.29) is 17.0 Å². The van der Waals surface area contributed by atoms with Gasteiger partial charge in [-0.3, -0.25) is 9.48 Å². The summed E-state index contributed by atoms with van der Waals surface area (Å²) in [5.74, 6) is -0.568. The van der Waals surface area contributed by atoms with Crippen LogP contribution in [0.3, 0.4) is 0 Å². The molecule has 1 N–H and O–H groups in total. The second-order valence-electron chi connectivity index (χ2n) is 7.64. The van der Waals surface area contributed by atoms with Crippen LogP contribution in [-0.2, 0) is 18.6 Å². The van der Waals surface area contributed by atoms with Gasteiger partial charge in [0.15, 0.2) is 5.69 Å². The van der Waals surface area contributed by atoms with Gasteiger partial charge in [0.25, 0.3) is 5.91 Å². The molecule has 0 spiro atoms. The molecule has 0 saturated heterocycles. The average molecular weight is 365 g/mol. The Labute approximate surface area is 150 Å². The number of nitrogens with zero attached hydrogens (tertiary/aromatic N) is 2. The first-order valence-corrected chi connectivity index (χ1v) is 8.49. The SMILES string of the molecule is Cc1c(C(=O)Nc2cccc3c2[C@@H](C)CC3(C)C)c(C(F)(F)F)nn1C. The second kappa shape index (κ2) is 5.86. The molecule has 26 heavy (non-hydrogen) atoms. The number of carbonyl (C=O) groups excluding carboxylic acids is 1. The molecule has 0 saturated carbocycles. The Hall–Kier alpha value is -2.31. The van der Waals surface area contributed by atoms with Gasteiger partial charge >= 0.3 is 6.18 Å². The highest BCUT2D eigenvalue weighted by Crippen LogP contribution is 2.48. The molecule has 3 rings (SSSR count). The topological polar surface area (TPSA) is 46.9 Å². The number of benzene rings is 1. The summed E-state index contributed by atoms with van der Waals surface area (Å²) in [7, 11) is 1.40. The molecule has 0 fully saturated rings. The Morgan fingerprint density at radius 2 is 2.00 bits per heavy atom. The molecule has 1 atom stereocenters. The lowest BCUT2D eigenvalue weighted by Crippen LogP contribution is -2.19. The fourth-order valence-corrected chi connectivity index (χ4v) is 4.04. The third kappa shape index (κ3) is 2.89. The van der Waals surface area contributed by atoms with E-state index in [1.54, 1.807) is 6.07 Å². The van der Waals surface area contributed by atoms with Crippen molar-refractivity contribution in [2.45, 2.75) is 51.6 Å². The standard InChI is InChI=1S/C19H22F3N3O/c1-10-9-18(3,4)12-7-6-8-13(14(10)12)23-17(26)15-11(2)25(5)24-16(15)19(20,21)22/h6-8,10H,9H2,1-5H3,(H,23,26)/t10-/m0/s1. The van der Waals surface area contributed by atoms with E-state index in [9.17, 15) is 18.0 Å². The smallest absolute Gasteiger partial charge is 0.322 e. The van der Waals surface area contributed by atoms with E-state index in [1.807, 2.05) is 12.1 Å². The van der Waals surface area contributed by atoms with Crippen molar-refractivity contribution in [3.63, 3.8) is 0 Å². The van der Waals surface area contributed by atoms with Crippen molar-refractivity contribution >= 4 is 11.6 Å². The Morgan fingerprint density at radius 1 is 1.35 bits per heavy atom. The van der Waals surface area contributed by atoms with Crippen molar-refractivity contribution < 1.29 is 18.0 Å². The molecule has 1 heterocycles. The fourth-order valence-electron chi connectivity index (χ4n) is 4.04. The van der Waals surface area contributed by atoms with Crippen LogP contribution in [0.25, 0.3) is 0 Å². The molecule has 1 aliphatic rings. The summed E-state index contributed by atoms with van der Waals surface area (Å²) in [6, 6.07) is 5.59. The number of nitrogens with one attached hydrogen (secondary N) is 1. The third-order valence-electron chi connectivity index (χ3n) is 5.22. The minimum absolute atomic E-state index is 0.0309. The summed E-state index contributed by atoms with van der Waals surface area (Å²) in [5, 5.41) is 6.19. The summed E-state index contributed by atoms with van der Waals surface area (Å²) in [6.07, 6.45) is -3.76. The molecule has 1 amide bonds. The first-order chi connectivity index (χ1) is 11.9. The molecular formula is C19H22F3N3O. The van der Waals surface area contributed by atoms with Crippen molar-refractivity contribution in [2.24, 2.45) is 7.05 Å². The van der Waals surface area contributed by atoms with Gasteiger partial charge in [-0.05, 0) is 41.9 Å². The van der Waals surface area contributed by atoms with E-state index in [2.05, 4.69) is 31.2 Å². The van der Waals surface area contributed by atoms with Crippen molar-refractivity contribution in [3.05, 3.63) is 46.3 Å². The van der Waals surface area contributed by atoms with Crippen LogP contribution in [0.4, 0.5) is 18.9 Å². The van der Waals surface area contributed by atoms with Crippen LogP contribution in [0.2, 0.25) is 0 Å². The molecule has 140 valence electrons. The molecule has 4 nitrogen and oxygen atoms in total. The number of rotatable bonds is 2. The van der Waals surface area contributed by atoms with Crippen LogP contribution < -0.4 is 5.32 Å². The molecular weight excluding hydrogens is 343 g/mol. The molecule has 0 unspecified atom stereocenters. The molecule has 0 aliphatic heterocycles. The van der Waals surface area contributed by atoms with E-state index in [1.165, 1.54) is 14.0 Å². The van der Waals surface area contributed by atoms with Crippen LogP contribution in [0, 0.1) is 6.92 Å². The quantitative estimate of drug-likeness (QED) is 0.832. The molecule has 2 aromatic rings. The monoisotopic (exact) mass is 365 g/mol. The third-order valence-corrected chi connectivity index (χ3v) is 5.22. The zero-order valence-corrected chi connectivity index (χ0v) is 15.5. The Kier molecular flexibility index (Phi) is 4.16. The van der Waals surface area contributed by atoms with Crippen molar-refractivity contribution in [3.8, 4) is 0 Å². The first kappa shape index (κ1) is 18.5. The van der Waals surface area contributed by atoms with Crippen LogP contribution in [-0.4, -0.2) is 15.7 Å². The maximum absolute atomic E-state index is 13.3. The van der Waals surface area contributed by atoms with Crippen LogP contribution in [0.15, 0.2) is 18.2 Å². The van der Waals surface area contributed by atoms with Crippen LogP contribution in [0.1, 0.15) is 66.0 Å². The van der Waals surface area contributed by atoms with Gasteiger partial charge in [-0.1, -0.05) is 32.9 Å². The van der Waals surface area contributed by atoms with Gasteiger partial charge in [0.2, 0.25) is 0 Å². The Bertz CT molecular complexity index is 881. The molecule has 7 heteroatoms. The highest BCUT2D eigenvalue weighted by Gasteiger charge is 2.41. The summed E-state index contributed by atoms with van der Waals surface area (Å²) >= 11 is 0. The Balaban J connectivity index is 2.03. The zero-order chi connectivity index (χ0) is 19.4. The molecule has 1 aromatic carbocycles. The predicted molar refractivity (Wildman–Crippen MR) is 93.4 cm³/mol. The summed E-state index contributed by atoms with van der Waals surface area (Å²) in [4.78, 5) is 12.7. The number of alkyl halides is 3. The minimum Gasteiger partial charge on any atom is -0.322 e. The number of hydrogen-bond donors (Lipinski definition) is 1. The molecule has 1 aromatic heterocycles. The Morgan fingerprint density at radius 3 is 2.62 bits per heavy atom. The second-order valence-corrected chi connectivity index (χ2v) is 7.64. The van der Waals surface area contributed by atoms with E-state index in [0.717, 1.165) is 22.2 Å². The number of halogens is 3. The minimum atomic E-state index is -4.69. The highest BCUT2D eigenvalue weighted by atomic mass is 19.4. The normalized spacial score (nSPS) is 18.7. The van der Waals surface area contributed by atoms with Crippen molar-refractivity contribution in [1.82, 2.24) is 9.78 Å². The average Bonchev–Trinajstić information content (AvgIpc) is 2.94. The summed E-state index contributed by atoms with van der Waals surface area (Å²) in [5.41, 5.74) is 1.26. The van der Waals surface area contributed by atoms with E-state index < -0.39 is 23.3 Å². The number of fused-ring (bicyclic) bond motifs is 1. The largest absolute Gasteiger partial charge is 0.435 e. The molecule has 1 aliphatic carbocycles.